The number of benzene rings is 1. The number of nitrogens with one attached hydrogen (secondary N) is 3. The van der Waals surface area contributed by atoms with E-state index in [0.717, 1.165) is 27.1 Å². The van der Waals surface area contributed by atoms with Crippen LogP contribution in [0.2, 0.25) is 0 Å². The Morgan fingerprint density at radius 3 is 2.58 bits per heavy atom. The normalized spacial score (nSPS) is 11.8. The van der Waals surface area contributed by atoms with E-state index in [9.17, 15) is 4.79 Å². The zero-order valence-electron chi connectivity index (χ0n) is 15.6. The second-order valence-corrected chi connectivity index (χ2v) is 7.59. The lowest BCUT2D eigenvalue weighted by atomic mass is 10.1. The summed E-state index contributed by atoms with van der Waals surface area (Å²) >= 11 is 8.75. The summed E-state index contributed by atoms with van der Waals surface area (Å²) in [7, 11) is 0. The van der Waals surface area contributed by atoms with Crippen LogP contribution in [0.25, 0.3) is 0 Å². The Balaban J connectivity index is 1.88. The molecule has 0 spiro atoms. The SMILES string of the molecule is Cc1cccc(NC(=S)NNC(=O)[C@H](C)Cn2nc(C)c(Br)c2C)c1C. The van der Waals surface area contributed by atoms with Gasteiger partial charge in [-0.2, -0.15) is 5.10 Å². The number of amides is 1. The van der Waals surface area contributed by atoms with Gasteiger partial charge in [0, 0.05) is 11.4 Å². The molecule has 1 amide bonds. The molecule has 0 bridgehead atoms. The fourth-order valence-electron chi connectivity index (χ4n) is 2.48. The van der Waals surface area contributed by atoms with E-state index in [2.05, 4.69) is 37.2 Å². The van der Waals surface area contributed by atoms with Crippen molar-refractivity contribution in [2.45, 2.75) is 41.2 Å². The molecule has 0 fully saturated rings. The fourth-order valence-corrected chi connectivity index (χ4v) is 2.92. The van der Waals surface area contributed by atoms with Gasteiger partial charge in [-0.1, -0.05) is 19.1 Å². The van der Waals surface area contributed by atoms with Crippen LogP contribution in [0.15, 0.2) is 22.7 Å². The Labute approximate surface area is 167 Å². The van der Waals surface area contributed by atoms with Gasteiger partial charge in [0.15, 0.2) is 5.11 Å². The van der Waals surface area contributed by atoms with Gasteiger partial charge in [-0.25, -0.2) is 0 Å². The highest BCUT2D eigenvalue weighted by molar-refractivity contribution is 9.10. The number of nitrogens with zero attached hydrogens (tertiary/aromatic N) is 2. The fraction of sp³-hybridized carbons (Fsp3) is 0.389. The van der Waals surface area contributed by atoms with Gasteiger partial charge in [0.1, 0.15) is 0 Å². The van der Waals surface area contributed by atoms with Crippen LogP contribution in [0.4, 0.5) is 5.69 Å². The number of carbonyl (C=O) groups excluding carboxylic acids is 1. The highest BCUT2D eigenvalue weighted by Gasteiger charge is 2.17. The maximum Gasteiger partial charge on any atom is 0.243 e. The molecule has 1 aromatic carbocycles. The van der Waals surface area contributed by atoms with Crippen molar-refractivity contribution in [2.24, 2.45) is 5.92 Å². The van der Waals surface area contributed by atoms with Crippen molar-refractivity contribution in [2.75, 3.05) is 5.32 Å². The summed E-state index contributed by atoms with van der Waals surface area (Å²) < 4.78 is 2.80. The van der Waals surface area contributed by atoms with Crippen LogP contribution >= 0.6 is 28.1 Å². The molecule has 0 radical (unpaired) electrons. The smallest absolute Gasteiger partial charge is 0.243 e. The summed E-state index contributed by atoms with van der Waals surface area (Å²) in [5.41, 5.74) is 10.5. The van der Waals surface area contributed by atoms with Crippen molar-refractivity contribution < 1.29 is 4.79 Å². The van der Waals surface area contributed by atoms with E-state index in [-0.39, 0.29) is 11.8 Å². The first-order valence-corrected chi connectivity index (χ1v) is 9.53. The number of hydrogen-bond donors (Lipinski definition) is 3. The van der Waals surface area contributed by atoms with Gasteiger partial charge < -0.3 is 5.32 Å². The van der Waals surface area contributed by atoms with E-state index in [1.54, 1.807) is 0 Å². The predicted octanol–water partition coefficient (Wildman–Crippen LogP) is 3.53. The molecule has 8 heteroatoms. The number of anilines is 1. The molecule has 2 rings (SSSR count). The summed E-state index contributed by atoms with van der Waals surface area (Å²) in [5, 5.41) is 7.87. The molecule has 1 atom stereocenters. The number of hydrogen-bond acceptors (Lipinski definition) is 3. The average molecular weight is 438 g/mol. The van der Waals surface area contributed by atoms with E-state index >= 15 is 0 Å². The molecular formula is C18H24BrN5OS. The maximum absolute atomic E-state index is 12.3. The quantitative estimate of drug-likeness (QED) is 0.503. The first kappa shape index (κ1) is 20.4. The molecule has 2 aromatic rings. The molecule has 6 nitrogen and oxygen atoms in total. The van der Waals surface area contributed by atoms with Crippen LogP contribution in [0.1, 0.15) is 29.4 Å². The molecule has 0 saturated carbocycles. The lowest BCUT2D eigenvalue weighted by molar-refractivity contribution is -0.125. The molecule has 0 aliphatic carbocycles. The van der Waals surface area contributed by atoms with E-state index < -0.39 is 0 Å². The van der Waals surface area contributed by atoms with Crippen molar-refractivity contribution in [3.05, 3.63) is 45.2 Å². The number of thiocarbonyl (C=S) groups is 1. The van der Waals surface area contributed by atoms with Gasteiger partial charge in [0.25, 0.3) is 0 Å². The van der Waals surface area contributed by atoms with E-state index in [1.807, 2.05) is 57.5 Å². The molecule has 3 N–H and O–H groups in total. The number of rotatable bonds is 4. The van der Waals surface area contributed by atoms with Crippen molar-refractivity contribution >= 4 is 44.9 Å². The molecule has 0 unspecified atom stereocenters. The van der Waals surface area contributed by atoms with Crippen molar-refractivity contribution in [3.63, 3.8) is 0 Å². The number of aromatic nitrogens is 2. The van der Waals surface area contributed by atoms with Crippen LogP contribution < -0.4 is 16.2 Å². The number of halogens is 1. The van der Waals surface area contributed by atoms with E-state index in [1.165, 1.54) is 5.56 Å². The van der Waals surface area contributed by atoms with Gasteiger partial charge in [-0.15, -0.1) is 0 Å². The minimum atomic E-state index is -0.268. The zero-order valence-corrected chi connectivity index (χ0v) is 18.0. The van der Waals surface area contributed by atoms with E-state index in [0.29, 0.717) is 11.7 Å². The zero-order chi connectivity index (χ0) is 19.4. The molecule has 0 aliphatic heterocycles. The molecule has 1 aromatic heterocycles. The molecule has 26 heavy (non-hydrogen) atoms. The van der Waals surface area contributed by atoms with Crippen LogP contribution in [0.5, 0.6) is 0 Å². The summed E-state index contributed by atoms with van der Waals surface area (Å²) in [6, 6.07) is 5.94. The van der Waals surface area contributed by atoms with Crippen LogP contribution in [0.3, 0.4) is 0 Å². The highest BCUT2D eigenvalue weighted by Crippen LogP contribution is 2.20. The predicted molar refractivity (Wildman–Crippen MR) is 112 cm³/mol. The largest absolute Gasteiger partial charge is 0.331 e. The third-order valence-corrected chi connectivity index (χ3v) is 5.69. The summed E-state index contributed by atoms with van der Waals surface area (Å²) in [6.07, 6.45) is 0. The number of carbonyl (C=O) groups is 1. The second kappa shape index (κ2) is 8.64. The summed E-state index contributed by atoms with van der Waals surface area (Å²) in [5.74, 6) is -0.422. The highest BCUT2D eigenvalue weighted by atomic mass is 79.9. The Morgan fingerprint density at radius 2 is 1.96 bits per heavy atom. The number of hydrazine groups is 1. The van der Waals surface area contributed by atoms with Gasteiger partial charge in [-0.3, -0.25) is 20.3 Å². The summed E-state index contributed by atoms with van der Waals surface area (Å²) in [6.45, 7) is 10.3. The standard InChI is InChI=1S/C18H24BrN5OS/c1-10-7-6-8-15(12(10)3)20-18(26)22-21-17(25)11(2)9-24-14(5)16(19)13(4)23-24/h6-8,11H,9H2,1-5H3,(H,21,25)(H2,20,22,26)/t11-/m1/s1. The summed E-state index contributed by atoms with van der Waals surface area (Å²) in [4.78, 5) is 12.3. The molecule has 140 valence electrons. The van der Waals surface area contributed by atoms with Gasteiger partial charge in [0.05, 0.1) is 22.6 Å². The van der Waals surface area contributed by atoms with Crippen LogP contribution in [0, 0.1) is 33.6 Å². The Morgan fingerprint density at radius 1 is 1.27 bits per heavy atom. The van der Waals surface area contributed by atoms with Gasteiger partial charge in [-0.05, 0) is 73.0 Å². The Hall–Kier alpha value is -1.93. The Bertz CT molecular complexity index is 833. The average Bonchev–Trinajstić information content (AvgIpc) is 2.83. The lowest BCUT2D eigenvalue weighted by Crippen LogP contribution is -2.46. The molecular weight excluding hydrogens is 414 g/mol. The molecule has 1 heterocycles. The van der Waals surface area contributed by atoms with Gasteiger partial charge >= 0.3 is 0 Å². The Kier molecular flexibility index (Phi) is 6.77. The van der Waals surface area contributed by atoms with Crippen LogP contribution in [-0.2, 0) is 11.3 Å². The second-order valence-electron chi connectivity index (χ2n) is 6.38. The first-order chi connectivity index (χ1) is 12.2. The minimum Gasteiger partial charge on any atom is -0.331 e. The maximum atomic E-state index is 12.3. The van der Waals surface area contributed by atoms with Crippen LogP contribution in [-0.4, -0.2) is 20.8 Å². The topological polar surface area (TPSA) is 71.0 Å². The minimum absolute atomic E-state index is 0.154. The molecule has 0 aliphatic rings. The lowest BCUT2D eigenvalue weighted by Gasteiger charge is -2.17. The monoisotopic (exact) mass is 437 g/mol. The molecule has 0 saturated heterocycles. The third kappa shape index (κ3) is 4.82. The van der Waals surface area contributed by atoms with Crippen molar-refractivity contribution in [3.8, 4) is 0 Å². The van der Waals surface area contributed by atoms with Crippen molar-refractivity contribution in [1.29, 1.82) is 0 Å². The van der Waals surface area contributed by atoms with Crippen molar-refractivity contribution in [1.82, 2.24) is 20.6 Å². The van der Waals surface area contributed by atoms with Gasteiger partial charge in [0.2, 0.25) is 5.91 Å². The number of aryl methyl sites for hydroxylation is 2. The van der Waals surface area contributed by atoms with E-state index in [4.69, 9.17) is 12.2 Å². The first-order valence-electron chi connectivity index (χ1n) is 8.33. The third-order valence-electron chi connectivity index (χ3n) is 4.34.